The molecule has 0 aromatic carbocycles. The lowest BCUT2D eigenvalue weighted by molar-refractivity contribution is 0.836. The molecule has 1 aromatic rings. The van der Waals surface area contributed by atoms with Crippen molar-refractivity contribution in [2.24, 2.45) is 0 Å². The zero-order valence-corrected chi connectivity index (χ0v) is 8.16. The fourth-order valence-corrected chi connectivity index (χ4v) is 1.56. The second-order valence-corrected chi connectivity index (χ2v) is 3.74. The Hall–Kier alpha value is -0.830. The average molecular weight is 225 g/mol. The minimum Gasteiger partial charge on any atom is -0.245 e. The van der Waals surface area contributed by atoms with Crippen LogP contribution in [0.2, 0.25) is 0 Å². The molecule has 0 amide bonds. The van der Waals surface area contributed by atoms with Crippen molar-refractivity contribution in [2.45, 2.75) is 12.8 Å². The van der Waals surface area contributed by atoms with E-state index in [0.717, 1.165) is 12.8 Å². The van der Waals surface area contributed by atoms with Crippen LogP contribution in [0, 0.1) is 0 Å². The number of allylic oxidation sites excluding steroid dienone is 4. The van der Waals surface area contributed by atoms with Crippen LogP contribution in [0.1, 0.15) is 12.8 Å². The lowest BCUT2D eigenvalue weighted by Gasteiger charge is -2.10. The van der Waals surface area contributed by atoms with Crippen molar-refractivity contribution in [3.8, 4) is 0 Å². The molecule has 0 saturated heterocycles. The van der Waals surface area contributed by atoms with E-state index in [-0.39, 0.29) is 0 Å². The van der Waals surface area contributed by atoms with Gasteiger partial charge < -0.3 is 0 Å². The zero-order valence-electron chi connectivity index (χ0n) is 6.57. The lowest BCUT2D eigenvalue weighted by atomic mass is 10.1. The highest BCUT2D eigenvalue weighted by molar-refractivity contribution is 9.11. The molecule has 0 bridgehead atoms. The first kappa shape index (κ1) is 7.80. The highest BCUT2D eigenvalue weighted by Crippen LogP contribution is 2.24. The van der Waals surface area contributed by atoms with Crippen molar-refractivity contribution in [1.82, 2.24) is 9.78 Å². The van der Waals surface area contributed by atoms with Crippen LogP contribution in [0.4, 0.5) is 0 Å². The first-order valence-corrected chi connectivity index (χ1v) is 4.71. The number of halogens is 1. The van der Waals surface area contributed by atoms with Gasteiger partial charge in [0.25, 0.3) is 0 Å². The molecule has 0 unspecified atom stereocenters. The summed E-state index contributed by atoms with van der Waals surface area (Å²) in [6, 6.07) is 1.94. The third kappa shape index (κ3) is 1.50. The van der Waals surface area contributed by atoms with Crippen LogP contribution < -0.4 is 0 Å². The van der Waals surface area contributed by atoms with Crippen molar-refractivity contribution in [2.75, 3.05) is 0 Å². The maximum Gasteiger partial charge on any atom is 0.0493 e. The van der Waals surface area contributed by atoms with E-state index in [2.05, 4.69) is 33.2 Å². The molecule has 0 aliphatic heterocycles. The molecule has 0 atom stereocenters. The molecule has 1 aromatic heterocycles. The van der Waals surface area contributed by atoms with Gasteiger partial charge in [-0.25, -0.2) is 4.68 Å². The smallest absolute Gasteiger partial charge is 0.0493 e. The standard InChI is InChI=1S/C9H9BrN2/c10-8-2-4-9(5-3-8)12-7-1-6-11-12/h1-2,4,6-7H,3,5H2. The summed E-state index contributed by atoms with van der Waals surface area (Å²) in [7, 11) is 0. The van der Waals surface area contributed by atoms with E-state index in [0.29, 0.717) is 0 Å². The van der Waals surface area contributed by atoms with E-state index in [1.165, 1.54) is 10.2 Å². The molecule has 1 aliphatic rings. The average Bonchev–Trinajstić information content (AvgIpc) is 2.58. The highest BCUT2D eigenvalue weighted by atomic mass is 79.9. The van der Waals surface area contributed by atoms with Crippen LogP contribution >= 0.6 is 15.9 Å². The Morgan fingerprint density at radius 3 is 2.83 bits per heavy atom. The predicted octanol–water partition coefficient (Wildman–Crippen LogP) is 2.80. The molecule has 62 valence electrons. The Kier molecular flexibility index (Phi) is 2.13. The fraction of sp³-hybridized carbons (Fsp3) is 0.222. The van der Waals surface area contributed by atoms with Gasteiger partial charge in [-0.15, -0.1) is 0 Å². The van der Waals surface area contributed by atoms with Crippen LogP contribution in [0.5, 0.6) is 0 Å². The Bertz CT molecular complexity index is 322. The quantitative estimate of drug-likeness (QED) is 0.718. The van der Waals surface area contributed by atoms with Crippen LogP contribution in [0.15, 0.2) is 35.1 Å². The first-order valence-electron chi connectivity index (χ1n) is 3.91. The Labute approximate surface area is 79.7 Å². The van der Waals surface area contributed by atoms with Gasteiger partial charge in [-0.2, -0.15) is 5.10 Å². The summed E-state index contributed by atoms with van der Waals surface area (Å²) < 4.78 is 3.18. The largest absolute Gasteiger partial charge is 0.245 e. The normalized spacial score (nSPS) is 17.1. The van der Waals surface area contributed by atoms with E-state index in [4.69, 9.17) is 0 Å². The van der Waals surface area contributed by atoms with Crippen molar-refractivity contribution in [3.05, 3.63) is 35.1 Å². The number of hydrogen-bond acceptors (Lipinski definition) is 1. The second-order valence-electron chi connectivity index (χ2n) is 2.72. The molecule has 2 rings (SSSR count). The first-order chi connectivity index (χ1) is 5.86. The topological polar surface area (TPSA) is 17.8 Å². The maximum absolute atomic E-state index is 4.17. The van der Waals surface area contributed by atoms with Gasteiger partial charge in [0, 0.05) is 18.1 Å². The zero-order chi connectivity index (χ0) is 8.39. The van der Waals surface area contributed by atoms with E-state index >= 15 is 0 Å². The molecule has 0 fully saturated rings. The number of nitrogens with zero attached hydrogens (tertiary/aromatic N) is 2. The summed E-state index contributed by atoms with van der Waals surface area (Å²) >= 11 is 3.47. The van der Waals surface area contributed by atoms with Crippen molar-refractivity contribution >= 4 is 21.6 Å². The van der Waals surface area contributed by atoms with Crippen LogP contribution in [-0.2, 0) is 0 Å². The van der Waals surface area contributed by atoms with Crippen molar-refractivity contribution in [3.63, 3.8) is 0 Å². The van der Waals surface area contributed by atoms with Gasteiger partial charge >= 0.3 is 0 Å². The molecule has 1 aliphatic carbocycles. The Morgan fingerprint density at radius 2 is 2.25 bits per heavy atom. The van der Waals surface area contributed by atoms with Gasteiger partial charge in [-0.3, -0.25) is 0 Å². The minimum absolute atomic E-state index is 1.05. The van der Waals surface area contributed by atoms with Gasteiger partial charge in [0.1, 0.15) is 0 Å². The highest BCUT2D eigenvalue weighted by Gasteiger charge is 2.05. The molecule has 0 spiro atoms. The lowest BCUT2D eigenvalue weighted by Crippen LogP contribution is -1.99. The van der Waals surface area contributed by atoms with Gasteiger partial charge in [0.05, 0.1) is 0 Å². The van der Waals surface area contributed by atoms with Crippen LogP contribution in [0.25, 0.3) is 5.70 Å². The molecule has 0 saturated carbocycles. The SMILES string of the molecule is BrC1=CC=C(n2cccn2)CC1. The van der Waals surface area contributed by atoms with Gasteiger partial charge in [-0.1, -0.05) is 22.0 Å². The third-order valence-corrected chi connectivity index (χ3v) is 2.54. The van der Waals surface area contributed by atoms with E-state index in [9.17, 15) is 0 Å². The van der Waals surface area contributed by atoms with Gasteiger partial charge in [-0.05, 0) is 29.5 Å². The van der Waals surface area contributed by atoms with Gasteiger partial charge in [0.15, 0.2) is 0 Å². The predicted molar refractivity (Wildman–Crippen MR) is 52.7 cm³/mol. The van der Waals surface area contributed by atoms with Crippen LogP contribution in [-0.4, -0.2) is 9.78 Å². The molecule has 1 heterocycles. The monoisotopic (exact) mass is 224 g/mol. The molecule has 3 heteroatoms. The maximum atomic E-state index is 4.17. The van der Waals surface area contributed by atoms with E-state index < -0.39 is 0 Å². The summed E-state index contributed by atoms with van der Waals surface area (Å²) in [5.41, 5.74) is 1.25. The molecule has 0 N–H and O–H groups in total. The molecule has 12 heavy (non-hydrogen) atoms. The number of aromatic nitrogens is 2. The third-order valence-electron chi connectivity index (χ3n) is 1.88. The Morgan fingerprint density at radius 1 is 1.33 bits per heavy atom. The molecule has 2 nitrogen and oxygen atoms in total. The number of rotatable bonds is 1. The fourth-order valence-electron chi connectivity index (χ4n) is 1.23. The van der Waals surface area contributed by atoms with Crippen LogP contribution in [0.3, 0.4) is 0 Å². The second kappa shape index (κ2) is 3.27. The summed E-state index contributed by atoms with van der Waals surface area (Å²) in [5, 5.41) is 4.17. The Balaban J connectivity index is 2.27. The van der Waals surface area contributed by atoms with Crippen molar-refractivity contribution in [1.29, 1.82) is 0 Å². The van der Waals surface area contributed by atoms with Gasteiger partial charge in [0.2, 0.25) is 0 Å². The summed E-state index contributed by atoms with van der Waals surface area (Å²) in [4.78, 5) is 0. The minimum atomic E-state index is 1.05. The molecular formula is C9H9BrN2. The summed E-state index contributed by atoms with van der Waals surface area (Å²) in [5.74, 6) is 0. The molecule has 0 radical (unpaired) electrons. The van der Waals surface area contributed by atoms with Crippen molar-refractivity contribution < 1.29 is 0 Å². The number of hydrogen-bond donors (Lipinski definition) is 0. The summed E-state index contributed by atoms with van der Waals surface area (Å²) in [6.45, 7) is 0. The van der Waals surface area contributed by atoms with E-state index in [1.807, 2.05) is 16.9 Å². The summed E-state index contributed by atoms with van der Waals surface area (Å²) in [6.07, 6.45) is 10.1. The van der Waals surface area contributed by atoms with E-state index in [1.54, 1.807) is 6.20 Å². The molecular weight excluding hydrogens is 216 g/mol.